The van der Waals surface area contributed by atoms with E-state index in [9.17, 15) is 9.90 Å². The number of aromatic carboxylic acids is 1. The molecule has 0 atom stereocenters. The van der Waals surface area contributed by atoms with Gasteiger partial charge in [-0.2, -0.15) is 5.10 Å². The minimum atomic E-state index is -1.04. The Morgan fingerprint density at radius 2 is 1.78 bits per heavy atom. The van der Waals surface area contributed by atoms with Crippen LogP contribution in [-0.4, -0.2) is 20.9 Å². The highest BCUT2D eigenvalue weighted by atomic mass is 35.5. The minimum Gasteiger partial charge on any atom is -0.476 e. The van der Waals surface area contributed by atoms with Crippen LogP contribution in [0.3, 0.4) is 0 Å². The quantitative estimate of drug-likeness (QED) is 0.779. The van der Waals surface area contributed by atoms with Crippen molar-refractivity contribution in [1.29, 1.82) is 0 Å². The van der Waals surface area contributed by atoms with Gasteiger partial charge < -0.3 is 5.11 Å². The molecule has 0 bridgehead atoms. The van der Waals surface area contributed by atoms with Gasteiger partial charge in [-0.1, -0.05) is 53.6 Å². The van der Waals surface area contributed by atoms with Crippen molar-refractivity contribution in [3.05, 3.63) is 76.4 Å². The van der Waals surface area contributed by atoms with Crippen molar-refractivity contribution in [3.8, 4) is 11.3 Å². The summed E-state index contributed by atoms with van der Waals surface area (Å²) in [7, 11) is 0. The molecule has 0 saturated carbocycles. The third-order valence-electron chi connectivity index (χ3n) is 3.59. The van der Waals surface area contributed by atoms with Crippen LogP contribution >= 0.6 is 11.6 Å². The van der Waals surface area contributed by atoms with E-state index in [-0.39, 0.29) is 5.69 Å². The van der Waals surface area contributed by atoms with Crippen LogP contribution in [0.15, 0.2) is 54.6 Å². The van der Waals surface area contributed by atoms with Crippen molar-refractivity contribution in [2.24, 2.45) is 0 Å². The second-order valence-electron chi connectivity index (χ2n) is 5.37. The number of nitrogens with zero attached hydrogens (tertiary/aromatic N) is 2. The SMILES string of the molecule is Cc1ccc(Cn2nc(C(=O)O)cc2-c2ccc(Cl)cc2)cc1. The fourth-order valence-corrected chi connectivity index (χ4v) is 2.49. The molecule has 0 aliphatic heterocycles. The molecule has 116 valence electrons. The molecule has 0 saturated heterocycles. The molecular formula is C18H15ClN2O2. The van der Waals surface area contributed by atoms with Gasteiger partial charge in [0.15, 0.2) is 5.69 Å². The average molecular weight is 327 g/mol. The van der Waals surface area contributed by atoms with Crippen LogP contribution in [0.2, 0.25) is 5.02 Å². The Labute approximate surface area is 139 Å². The lowest BCUT2D eigenvalue weighted by Crippen LogP contribution is -2.05. The summed E-state index contributed by atoms with van der Waals surface area (Å²) in [5.41, 5.74) is 3.90. The van der Waals surface area contributed by atoms with Gasteiger partial charge in [0.05, 0.1) is 12.2 Å². The molecule has 1 heterocycles. The zero-order valence-electron chi connectivity index (χ0n) is 12.5. The molecule has 23 heavy (non-hydrogen) atoms. The first-order chi connectivity index (χ1) is 11.0. The molecule has 0 spiro atoms. The van der Waals surface area contributed by atoms with Crippen LogP contribution in [-0.2, 0) is 6.54 Å². The lowest BCUT2D eigenvalue weighted by molar-refractivity contribution is 0.0689. The standard InChI is InChI=1S/C18H15ClN2O2/c1-12-2-4-13(5-3-12)11-21-17(10-16(20-21)18(22)23)14-6-8-15(19)9-7-14/h2-10H,11H2,1H3,(H,22,23). The summed E-state index contributed by atoms with van der Waals surface area (Å²) in [4.78, 5) is 11.3. The number of hydrogen-bond donors (Lipinski definition) is 1. The Hall–Kier alpha value is -2.59. The average Bonchev–Trinajstić information content (AvgIpc) is 2.94. The number of rotatable bonds is 4. The van der Waals surface area contributed by atoms with Gasteiger partial charge in [-0.3, -0.25) is 4.68 Å². The van der Waals surface area contributed by atoms with Crippen LogP contribution < -0.4 is 0 Å². The van der Waals surface area contributed by atoms with Crippen molar-refractivity contribution in [2.75, 3.05) is 0 Å². The topological polar surface area (TPSA) is 55.1 Å². The van der Waals surface area contributed by atoms with E-state index in [1.54, 1.807) is 22.9 Å². The summed E-state index contributed by atoms with van der Waals surface area (Å²) in [6.07, 6.45) is 0. The highest BCUT2D eigenvalue weighted by Crippen LogP contribution is 2.23. The normalized spacial score (nSPS) is 10.7. The number of carboxylic acids is 1. The van der Waals surface area contributed by atoms with Gasteiger partial charge in [0.1, 0.15) is 0 Å². The molecular weight excluding hydrogens is 312 g/mol. The Balaban J connectivity index is 2.02. The van der Waals surface area contributed by atoms with Crippen molar-refractivity contribution in [1.82, 2.24) is 9.78 Å². The van der Waals surface area contributed by atoms with Crippen LogP contribution in [0.1, 0.15) is 21.6 Å². The summed E-state index contributed by atoms with van der Waals surface area (Å²) in [6.45, 7) is 2.53. The largest absolute Gasteiger partial charge is 0.476 e. The van der Waals surface area contributed by atoms with Gasteiger partial charge in [-0.15, -0.1) is 0 Å². The third-order valence-corrected chi connectivity index (χ3v) is 3.84. The van der Waals surface area contributed by atoms with Gasteiger partial charge in [0.25, 0.3) is 0 Å². The molecule has 0 radical (unpaired) electrons. The van der Waals surface area contributed by atoms with Crippen molar-refractivity contribution >= 4 is 17.6 Å². The van der Waals surface area contributed by atoms with Crippen LogP contribution in [0, 0.1) is 6.92 Å². The number of carboxylic acid groups (broad SMARTS) is 1. The Morgan fingerprint density at radius 3 is 2.39 bits per heavy atom. The first-order valence-corrected chi connectivity index (χ1v) is 7.53. The summed E-state index contributed by atoms with van der Waals surface area (Å²) >= 11 is 5.92. The second-order valence-corrected chi connectivity index (χ2v) is 5.81. The molecule has 0 amide bonds. The lowest BCUT2D eigenvalue weighted by Gasteiger charge is -2.08. The summed E-state index contributed by atoms with van der Waals surface area (Å²) in [5.74, 6) is -1.04. The maximum atomic E-state index is 11.3. The van der Waals surface area contributed by atoms with E-state index in [4.69, 9.17) is 11.6 Å². The molecule has 0 fully saturated rings. The molecule has 0 unspecified atom stereocenters. The molecule has 1 aromatic heterocycles. The number of carbonyl (C=O) groups is 1. The number of hydrogen-bond acceptors (Lipinski definition) is 2. The van der Waals surface area contributed by atoms with E-state index >= 15 is 0 Å². The Bertz CT molecular complexity index is 836. The smallest absolute Gasteiger partial charge is 0.356 e. The maximum Gasteiger partial charge on any atom is 0.356 e. The number of halogens is 1. The van der Waals surface area contributed by atoms with Gasteiger partial charge >= 0.3 is 5.97 Å². The fourth-order valence-electron chi connectivity index (χ4n) is 2.36. The molecule has 2 aromatic carbocycles. The van der Waals surface area contributed by atoms with Crippen LogP contribution in [0.4, 0.5) is 0 Å². The Kier molecular flexibility index (Phi) is 4.17. The van der Waals surface area contributed by atoms with Gasteiger partial charge in [-0.05, 0) is 36.2 Å². The first-order valence-electron chi connectivity index (χ1n) is 7.15. The van der Waals surface area contributed by atoms with E-state index in [1.165, 1.54) is 5.56 Å². The van der Waals surface area contributed by atoms with Gasteiger partial charge in [0.2, 0.25) is 0 Å². The Morgan fingerprint density at radius 1 is 1.13 bits per heavy atom. The lowest BCUT2D eigenvalue weighted by atomic mass is 10.1. The predicted octanol–water partition coefficient (Wildman–Crippen LogP) is 4.26. The van der Waals surface area contributed by atoms with E-state index in [0.717, 1.165) is 16.8 Å². The second kappa shape index (κ2) is 6.26. The minimum absolute atomic E-state index is 0.0297. The molecule has 4 nitrogen and oxygen atoms in total. The zero-order valence-corrected chi connectivity index (χ0v) is 13.3. The summed E-state index contributed by atoms with van der Waals surface area (Å²) in [5, 5.41) is 14.1. The van der Waals surface area contributed by atoms with Crippen molar-refractivity contribution in [2.45, 2.75) is 13.5 Å². The fraction of sp³-hybridized carbons (Fsp3) is 0.111. The molecule has 1 N–H and O–H groups in total. The zero-order chi connectivity index (χ0) is 16.4. The summed E-state index contributed by atoms with van der Waals surface area (Å²) < 4.78 is 1.71. The maximum absolute atomic E-state index is 11.3. The summed E-state index contributed by atoms with van der Waals surface area (Å²) in [6, 6.07) is 16.9. The van der Waals surface area contributed by atoms with Crippen molar-refractivity contribution < 1.29 is 9.90 Å². The van der Waals surface area contributed by atoms with Crippen molar-refractivity contribution in [3.63, 3.8) is 0 Å². The van der Waals surface area contributed by atoms with E-state index in [0.29, 0.717) is 11.6 Å². The molecule has 0 aliphatic rings. The monoisotopic (exact) mass is 326 g/mol. The number of aryl methyl sites for hydroxylation is 1. The number of aromatic nitrogens is 2. The highest BCUT2D eigenvalue weighted by molar-refractivity contribution is 6.30. The first kappa shape index (κ1) is 15.3. The molecule has 3 rings (SSSR count). The van der Waals surface area contributed by atoms with E-state index in [2.05, 4.69) is 5.10 Å². The molecule has 5 heteroatoms. The third kappa shape index (κ3) is 3.43. The molecule has 3 aromatic rings. The van der Waals surface area contributed by atoms with Crippen LogP contribution in [0.25, 0.3) is 11.3 Å². The van der Waals surface area contributed by atoms with Crippen LogP contribution in [0.5, 0.6) is 0 Å². The molecule has 0 aliphatic carbocycles. The number of benzene rings is 2. The van der Waals surface area contributed by atoms with Gasteiger partial charge in [-0.25, -0.2) is 4.79 Å². The highest BCUT2D eigenvalue weighted by Gasteiger charge is 2.15. The predicted molar refractivity (Wildman–Crippen MR) is 89.9 cm³/mol. The van der Waals surface area contributed by atoms with E-state index < -0.39 is 5.97 Å². The van der Waals surface area contributed by atoms with Gasteiger partial charge in [0, 0.05) is 5.02 Å². The van der Waals surface area contributed by atoms with E-state index in [1.807, 2.05) is 43.3 Å².